The normalized spacial score (nSPS) is 20.5. The van der Waals surface area contributed by atoms with E-state index in [1.165, 1.54) is 0 Å². The van der Waals surface area contributed by atoms with E-state index in [-0.39, 0.29) is 11.9 Å². The molecule has 0 spiro atoms. The zero-order valence-electron chi connectivity index (χ0n) is 13.5. The highest BCUT2D eigenvalue weighted by Crippen LogP contribution is 2.23. The standard InChI is InChI=1S/C15H21N5O2S/c1-10-9-19(5-6-20(10)15-16-4-7-23-15)12(3)14(21)17-13-8-11(2)22-18-13/h4,7-8,10,12H,5-6,9H2,1-3H3,(H,17,18,21)/t10-,12+/m1/s1. The van der Waals surface area contributed by atoms with Gasteiger partial charge in [-0.05, 0) is 20.8 Å². The topological polar surface area (TPSA) is 74.5 Å². The summed E-state index contributed by atoms with van der Waals surface area (Å²) in [5.41, 5.74) is 0. The van der Waals surface area contributed by atoms with Crippen molar-refractivity contribution in [3.8, 4) is 0 Å². The molecule has 2 aromatic heterocycles. The van der Waals surface area contributed by atoms with E-state index < -0.39 is 0 Å². The van der Waals surface area contributed by atoms with Gasteiger partial charge in [-0.2, -0.15) is 0 Å². The van der Waals surface area contributed by atoms with Crippen LogP contribution in [0.4, 0.5) is 10.9 Å². The number of hydrogen-bond acceptors (Lipinski definition) is 7. The molecule has 124 valence electrons. The fraction of sp³-hybridized carbons (Fsp3) is 0.533. The first-order valence-corrected chi connectivity index (χ1v) is 8.57. The molecule has 7 nitrogen and oxygen atoms in total. The van der Waals surface area contributed by atoms with Crippen molar-refractivity contribution in [2.24, 2.45) is 0 Å². The largest absolute Gasteiger partial charge is 0.360 e. The summed E-state index contributed by atoms with van der Waals surface area (Å²) >= 11 is 1.65. The number of piperazine rings is 1. The summed E-state index contributed by atoms with van der Waals surface area (Å²) in [5, 5.41) is 9.65. The minimum Gasteiger partial charge on any atom is -0.360 e. The predicted molar refractivity (Wildman–Crippen MR) is 89.8 cm³/mol. The van der Waals surface area contributed by atoms with Gasteiger partial charge in [-0.15, -0.1) is 11.3 Å². The first-order chi connectivity index (χ1) is 11.0. The fourth-order valence-corrected chi connectivity index (χ4v) is 3.57. The number of aromatic nitrogens is 2. The van der Waals surface area contributed by atoms with Crippen LogP contribution in [0.5, 0.6) is 0 Å². The lowest BCUT2D eigenvalue weighted by molar-refractivity contribution is -0.121. The number of carbonyl (C=O) groups excluding carboxylic acids is 1. The Bertz CT molecular complexity index is 657. The number of thiazole rings is 1. The average molecular weight is 335 g/mol. The summed E-state index contributed by atoms with van der Waals surface area (Å²) in [6.45, 7) is 8.41. The molecule has 8 heteroatoms. The van der Waals surface area contributed by atoms with Crippen molar-refractivity contribution >= 4 is 28.2 Å². The molecule has 3 rings (SSSR count). The molecular weight excluding hydrogens is 314 g/mol. The number of hydrogen-bond donors (Lipinski definition) is 1. The third kappa shape index (κ3) is 3.53. The van der Waals surface area contributed by atoms with E-state index in [9.17, 15) is 4.79 Å². The van der Waals surface area contributed by atoms with Crippen LogP contribution in [-0.2, 0) is 4.79 Å². The van der Waals surface area contributed by atoms with Crippen molar-refractivity contribution in [3.05, 3.63) is 23.4 Å². The first kappa shape index (κ1) is 15.9. The minimum atomic E-state index is -0.215. The second kappa shape index (κ2) is 6.67. The fourth-order valence-electron chi connectivity index (χ4n) is 2.80. The van der Waals surface area contributed by atoms with Crippen LogP contribution in [0.25, 0.3) is 0 Å². The van der Waals surface area contributed by atoms with Gasteiger partial charge in [-0.3, -0.25) is 9.69 Å². The molecule has 0 saturated carbocycles. The maximum atomic E-state index is 12.4. The Labute approximate surface area is 139 Å². The van der Waals surface area contributed by atoms with E-state index in [0.29, 0.717) is 17.6 Å². The van der Waals surface area contributed by atoms with Gasteiger partial charge >= 0.3 is 0 Å². The Morgan fingerprint density at radius 3 is 2.96 bits per heavy atom. The number of anilines is 2. The Hall–Kier alpha value is -1.93. The summed E-state index contributed by atoms with van der Waals surface area (Å²) in [7, 11) is 0. The van der Waals surface area contributed by atoms with E-state index in [1.807, 2.05) is 18.5 Å². The molecule has 3 heterocycles. The van der Waals surface area contributed by atoms with Crippen LogP contribution in [0.2, 0.25) is 0 Å². The van der Waals surface area contributed by atoms with Gasteiger partial charge in [-0.25, -0.2) is 4.98 Å². The van der Waals surface area contributed by atoms with Crippen molar-refractivity contribution in [1.29, 1.82) is 0 Å². The highest BCUT2D eigenvalue weighted by molar-refractivity contribution is 7.13. The Morgan fingerprint density at radius 2 is 2.35 bits per heavy atom. The van der Waals surface area contributed by atoms with Crippen LogP contribution < -0.4 is 10.2 Å². The van der Waals surface area contributed by atoms with Gasteiger partial charge in [0, 0.05) is 43.3 Å². The molecule has 0 bridgehead atoms. The summed E-state index contributed by atoms with van der Waals surface area (Å²) in [6.07, 6.45) is 1.83. The Morgan fingerprint density at radius 1 is 1.52 bits per heavy atom. The predicted octanol–water partition coefficient (Wildman–Crippen LogP) is 1.98. The Kier molecular flexibility index (Phi) is 4.63. The molecule has 2 atom stereocenters. The third-order valence-electron chi connectivity index (χ3n) is 4.13. The van der Waals surface area contributed by atoms with Crippen molar-refractivity contribution < 1.29 is 9.32 Å². The van der Waals surface area contributed by atoms with Crippen LogP contribution in [0.15, 0.2) is 22.2 Å². The maximum absolute atomic E-state index is 12.4. The summed E-state index contributed by atoms with van der Waals surface area (Å²) in [6, 6.07) is 1.82. The Balaban J connectivity index is 1.58. The van der Waals surface area contributed by atoms with Crippen LogP contribution in [0, 0.1) is 6.92 Å². The minimum absolute atomic E-state index is 0.0619. The highest BCUT2D eigenvalue weighted by atomic mass is 32.1. The van der Waals surface area contributed by atoms with Gasteiger partial charge in [-0.1, -0.05) is 5.16 Å². The SMILES string of the molecule is Cc1cc(NC(=O)[C@H](C)N2CCN(c3nccs3)[C@H](C)C2)no1. The number of aryl methyl sites for hydroxylation is 1. The molecule has 1 amide bonds. The van der Waals surface area contributed by atoms with Crippen molar-refractivity contribution in [2.45, 2.75) is 32.9 Å². The van der Waals surface area contributed by atoms with E-state index >= 15 is 0 Å². The zero-order chi connectivity index (χ0) is 16.4. The second-order valence-electron chi connectivity index (χ2n) is 5.84. The van der Waals surface area contributed by atoms with Gasteiger partial charge in [0.05, 0.1) is 6.04 Å². The molecule has 0 unspecified atom stereocenters. The quantitative estimate of drug-likeness (QED) is 0.921. The van der Waals surface area contributed by atoms with Gasteiger partial charge in [0.1, 0.15) is 5.76 Å². The number of amides is 1. The van der Waals surface area contributed by atoms with E-state index in [2.05, 4.69) is 32.2 Å². The molecule has 1 aliphatic heterocycles. The number of carbonyl (C=O) groups is 1. The molecule has 23 heavy (non-hydrogen) atoms. The van der Waals surface area contributed by atoms with Crippen LogP contribution in [-0.4, -0.2) is 52.7 Å². The summed E-state index contributed by atoms with van der Waals surface area (Å²) < 4.78 is 4.97. The third-order valence-corrected chi connectivity index (χ3v) is 4.94. The van der Waals surface area contributed by atoms with E-state index in [1.54, 1.807) is 24.3 Å². The van der Waals surface area contributed by atoms with Gasteiger partial charge in [0.15, 0.2) is 10.9 Å². The molecule has 1 saturated heterocycles. The van der Waals surface area contributed by atoms with Gasteiger partial charge in [0.25, 0.3) is 0 Å². The lowest BCUT2D eigenvalue weighted by Crippen LogP contribution is -2.56. The van der Waals surface area contributed by atoms with E-state index in [0.717, 1.165) is 24.8 Å². The van der Waals surface area contributed by atoms with Crippen LogP contribution in [0.1, 0.15) is 19.6 Å². The number of nitrogens with zero attached hydrogens (tertiary/aromatic N) is 4. The van der Waals surface area contributed by atoms with Gasteiger partial charge in [0.2, 0.25) is 5.91 Å². The summed E-state index contributed by atoms with van der Waals surface area (Å²) in [4.78, 5) is 21.3. The van der Waals surface area contributed by atoms with Crippen LogP contribution >= 0.6 is 11.3 Å². The number of nitrogens with one attached hydrogen (secondary N) is 1. The number of rotatable bonds is 4. The molecule has 2 aromatic rings. The lowest BCUT2D eigenvalue weighted by atomic mass is 10.1. The van der Waals surface area contributed by atoms with Crippen LogP contribution in [0.3, 0.4) is 0 Å². The average Bonchev–Trinajstić information content (AvgIpc) is 3.18. The molecule has 1 N–H and O–H groups in total. The molecular formula is C15H21N5O2S. The zero-order valence-corrected chi connectivity index (χ0v) is 14.3. The molecule has 0 radical (unpaired) electrons. The highest BCUT2D eigenvalue weighted by Gasteiger charge is 2.30. The molecule has 1 fully saturated rings. The van der Waals surface area contributed by atoms with Gasteiger partial charge < -0.3 is 14.7 Å². The van der Waals surface area contributed by atoms with Crippen molar-refractivity contribution in [1.82, 2.24) is 15.0 Å². The molecule has 0 aromatic carbocycles. The maximum Gasteiger partial charge on any atom is 0.242 e. The van der Waals surface area contributed by atoms with Crippen molar-refractivity contribution in [2.75, 3.05) is 29.9 Å². The first-order valence-electron chi connectivity index (χ1n) is 7.69. The smallest absolute Gasteiger partial charge is 0.242 e. The molecule has 0 aliphatic carbocycles. The second-order valence-corrected chi connectivity index (χ2v) is 6.71. The lowest BCUT2D eigenvalue weighted by Gasteiger charge is -2.41. The van der Waals surface area contributed by atoms with E-state index in [4.69, 9.17) is 4.52 Å². The van der Waals surface area contributed by atoms with Crippen molar-refractivity contribution in [3.63, 3.8) is 0 Å². The monoisotopic (exact) mass is 335 g/mol. The summed E-state index contributed by atoms with van der Waals surface area (Å²) in [5.74, 6) is 1.08. The molecule has 1 aliphatic rings.